The third-order valence-corrected chi connectivity index (χ3v) is 7.17. The van der Waals surface area contributed by atoms with Gasteiger partial charge >= 0.3 is 6.03 Å². The average Bonchev–Trinajstić information content (AvgIpc) is 3.66. The van der Waals surface area contributed by atoms with E-state index in [-0.39, 0.29) is 0 Å². The Balaban J connectivity index is 1.31. The number of benzene rings is 2. The Morgan fingerprint density at radius 2 is 1.90 bits per heavy atom. The second kappa shape index (κ2) is 10.7. The largest absolute Gasteiger partial charge is 0.331 e. The summed E-state index contributed by atoms with van der Waals surface area (Å²) in [5, 5.41) is 17.6. The maximum absolute atomic E-state index is 14.0. The summed E-state index contributed by atoms with van der Waals surface area (Å²) in [4.78, 5) is 23.9. The fourth-order valence-corrected chi connectivity index (χ4v) is 5.06. The standard InChI is InChI=1S/C29H28F2N8O2/c1-4-38-16-24(26(41-38)18-10-11-22(30)23(31)13-18)34-29(40)35-27-17(2)25(36-39(27)21-8-6-5-7-9-21)19-12-20-15-33-37(3)28(20)32-14-19/h5-15,24,26H,4,16H2,1-3H3,(H2,34,35,40)/t24-,26+/m1/s1. The zero-order valence-electron chi connectivity index (χ0n) is 22.7. The Kier molecular flexibility index (Phi) is 6.93. The van der Waals surface area contributed by atoms with Crippen LogP contribution in [-0.2, 0) is 11.9 Å². The molecule has 1 saturated heterocycles. The van der Waals surface area contributed by atoms with Gasteiger partial charge in [-0.15, -0.1) is 0 Å². The number of amides is 2. The van der Waals surface area contributed by atoms with E-state index in [1.807, 2.05) is 57.3 Å². The normalized spacial score (nSPS) is 17.3. The van der Waals surface area contributed by atoms with Crippen LogP contribution in [0.3, 0.4) is 0 Å². The highest BCUT2D eigenvalue weighted by Gasteiger charge is 2.36. The van der Waals surface area contributed by atoms with Crippen molar-refractivity contribution in [2.75, 3.05) is 18.4 Å². The van der Waals surface area contributed by atoms with Gasteiger partial charge in [-0.3, -0.25) is 14.8 Å². The highest BCUT2D eigenvalue weighted by molar-refractivity contribution is 5.91. The molecule has 210 valence electrons. The van der Waals surface area contributed by atoms with Crippen LogP contribution in [0.2, 0.25) is 0 Å². The van der Waals surface area contributed by atoms with Crippen LogP contribution in [0.15, 0.2) is 67.0 Å². The first-order chi connectivity index (χ1) is 19.8. The molecule has 0 aliphatic carbocycles. The number of fused-ring (bicyclic) bond motifs is 1. The van der Waals surface area contributed by atoms with Crippen molar-refractivity contribution >= 4 is 22.9 Å². The molecule has 0 radical (unpaired) electrons. The van der Waals surface area contributed by atoms with Crippen molar-refractivity contribution in [3.05, 3.63) is 89.8 Å². The average molecular weight is 559 g/mol. The molecule has 12 heteroatoms. The van der Waals surface area contributed by atoms with Crippen LogP contribution in [-0.4, -0.2) is 54.8 Å². The molecule has 0 spiro atoms. The molecule has 1 aliphatic heterocycles. The lowest BCUT2D eigenvalue weighted by molar-refractivity contribution is -0.144. The highest BCUT2D eigenvalue weighted by atomic mass is 19.2. The first-order valence-electron chi connectivity index (χ1n) is 13.2. The summed E-state index contributed by atoms with van der Waals surface area (Å²) < 4.78 is 31.0. The summed E-state index contributed by atoms with van der Waals surface area (Å²) in [6.45, 7) is 4.71. The molecule has 6 rings (SSSR count). The number of nitrogens with one attached hydrogen (secondary N) is 2. The van der Waals surface area contributed by atoms with Gasteiger partial charge in [-0.1, -0.05) is 31.2 Å². The second-order valence-electron chi connectivity index (χ2n) is 9.86. The Morgan fingerprint density at radius 1 is 1.10 bits per heavy atom. The summed E-state index contributed by atoms with van der Waals surface area (Å²) in [5.41, 5.74) is 4.11. The van der Waals surface area contributed by atoms with Crippen molar-refractivity contribution in [1.82, 2.24) is 34.9 Å². The number of pyridine rings is 1. The summed E-state index contributed by atoms with van der Waals surface area (Å²) in [7, 11) is 1.83. The van der Waals surface area contributed by atoms with E-state index in [9.17, 15) is 13.6 Å². The second-order valence-corrected chi connectivity index (χ2v) is 9.86. The van der Waals surface area contributed by atoms with Crippen molar-refractivity contribution < 1.29 is 18.4 Å². The monoisotopic (exact) mass is 558 g/mol. The van der Waals surface area contributed by atoms with Crippen LogP contribution < -0.4 is 10.6 Å². The van der Waals surface area contributed by atoms with Crippen molar-refractivity contribution in [2.24, 2.45) is 7.05 Å². The third kappa shape index (κ3) is 5.03. The lowest BCUT2D eigenvalue weighted by Crippen LogP contribution is -2.42. The number of para-hydroxylation sites is 1. The van der Waals surface area contributed by atoms with Gasteiger partial charge in [-0.05, 0) is 42.8 Å². The van der Waals surface area contributed by atoms with Crippen molar-refractivity contribution in [2.45, 2.75) is 26.0 Å². The summed E-state index contributed by atoms with van der Waals surface area (Å²) in [6, 6.07) is 14.0. The van der Waals surface area contributed by atoms with Gasteiger partial charge in [0.2, 0.25) is 0 Å². The molecule has 1 aliphatic rings. The van der Waals surface area contributed by atoms with Gasteiger partial charge < -0.3 is 5.32 Å². The van der Waals surface area contributed by atoms with E-state index in [1.54, 1.807) is 26.8 Å². The Labute approximate surface area is 234 Å². The number of likely N-dealkylation sites (N-methyl/N-ethyl adjacent to an activating group) is 1. The first-order valence-corrected chi connectivity index (χ1v) is 13.2. The molecule has 0 unspecified atom stereocenters. The molecule has 0 saturated carbocycles. The fraction of sp³-hybridized carbons (Fsp3) is 0.241. The van der Waals surface area contributed by atoms with Crippen LogP contribution in [0.25, 0.3) is 28.0 Å². The molecule has 2 atom stereocenters. The van der Waals surface area contributed by atoms with Gasteiger partial charge in [0.05, 0.1) is 23.6 Å². The van der Waals surface area contributed by atoms with Gasteiger partial charge in [-0.2, -0.15) is 15.3 Å². The van der Waals surface area contributed by atoms with Crippen LogP contribution in [0.4, 0.5) is 19.4 Å². The number of aromatic nitrogens is 5. The minimum atomic E-state index is -0.974. The molecular formula is C29H28F2N8O2. The Bertz CT molecular complexity index is 1740. The van der Waals surface area contributed by atoms with E-state index in [1.165, 1.54) is 6.07 Å². The van der Waals surface area contributed by atoms with Crippen molar-refractivity contribution in [3.63, 3.8) is 0 Å². The zero-order chi connectivity index (χ0) is 28.7. The number of hydrogen-bond donors (Lipinski definition) is 2. The predicted molar refractivity (Wildman–Crippen MR) is 149 cm³/mol. The van der Waals surface area contributed by atoms with Crippen molar-refractivity contribution in [1.29, 1.82) is 0 Å². The molecule has 2 aromatic carbocycles. The van der Waals surface area contributed by atoms with E-state index in [2.05, 4.69) is 20.7 Å². The lowest BCUT2D eigenvalue weighted by atomic mass is 10.0. The SMILES string of the molecule is CCN1C[C@@H](NC(=O)Nc2c(C)c(-c3cnc4c(cnn4C)c3)nn2-c2ccccc2)[C@H](c2ccc(F)c(F)c2)O1. The Hall–Kier alpha value is -4.68. The van der Waals surface area contributed by atoms with Gasteiger partial charge in [0.1, 0.15) is 11.9 Å². The lowest BCUT2D eigenvalue weighted by Gasteiger charge is -2.20. The Morgan fingerprint density at radius 3 is 2.66 bits per heavy atom. The number of anilines is 1. The number of urea groups is 1. The molecule has 2 N–H and O–H groups in total. The summed E-state index contributed by atoms with van der Waals surface area (Å²) in [5.74, 6) is -1.44. The third-order valence-electron chi connectivity index (χ3n) is 7.17. The summed E-state index contributed by atoms with van der Waals surface area (Å²) >= 11 is 0. The first kappa shape index (κ1) is 26.5. The maximum Gasteiger partial charge on any atom is 0.320 e. The summed E-state index contributed by atoms with van der Waals surface area (Å²) in [6.07, 6.45) is 2.79. The van der Waals surface area contributed by atoms with E-state index < -0.39 is 29.8 Å². The quantitative estimate of drug-likeness (QED) is 0.307. The van der Waals surface area contributed by atoms with Gasteiger partial charge in [-0.25, -0.2) is 23.2 Å². The van der Waals surface area contributed by atoms with Crippen LogP contribution in [0, 0.1) is 18.6 Å². The van der Waals surface area contributed by atoms with E-state index in [0.717, 1.165) is 40.0 Å². The molecule has 0 bridgehead atoms. The highest BCUT2D eigenvalue weighted by Crippen LogP contribution is 2.33. The van der Waals surface area contributed by atoms with E-state index in [4.69, 9.17) is 9.94 Å². The predicted octanol–water partition coefficient (Wildman–Crippen LogP) is 4.91. The minimum Gasteiger partial charge on any atom is -0.331 e. The number of nitrogens with zero attached hydrogens (tertiary/aromatic N) is 6. The molecule has 3 aromatic heterocycles. The number of rotatable bonds is 6. The number of hydrogen-bond acceptors (Lipinski definition) is 6. The molecular weight excluding hydrogens is 530 g/mol. The van der Waals surface area contributed by atoms with Gasteiger partial charge in [0.25, 0.3) is 0 Å². The van der Waals surface area contributed by atoms with Crippen LogP contribution in [0.1, 0.15) is 24.2 Å². The topological polar surface area (TPSA) is 102 Å². The number of carbonyl (C=O) groups is 1. The van der Waals surface area contributed by atoms with E-state index >= 15 is 0 Å². The molecule has 10 nitrogen and oxygen atoms in total. The van der Waals surface area contributed by atoms with Gasteiger partial charge in [0.15, 0.2) is 17.3 Å². The molecule has 2 amide bonds. The van der Waals surface area contributed by atoms with Crippen LogP contribution >= 0.6 is 0 Å². The van der Waals surface area contributed by atoms with Crippen molar-refractivity contribution in [3.8, 4) is 16.9 Å². The molecule has 41 heavy (non-hydrogen) atoms. The number of halogens is 2. The van der Waals surface area contributed by atoms with Crippen LogP contribution in [0.5, 0.6) is 0 Å². The fourth-order valence-electron chi connectivity index (χ4n) is 5.06. The number of carbonyl (C=O) groups excluding carboxylic acids is 1. The van der Waals surface area contributed by atoms with E-state index in [0.29, 0.717) is 30.2 Å². The number of aryl methyl sites for hydroxylation is 1. The molecule has 5 aromatic rings. The molecule has 1 fully saturated rings. The maximum atomic E-state index is 14.0. The minimum absolute atomic E-state index is 0.368. The number of hydroxylamine groups is 2. The van der Waals surface area contributed by atoms with Gasteiger partial charge in [0, 0.05) is 42.8 Å². The zero-order valence-corrected chi connectivity index (χ0v) is 22.7. The molecule has 4 heterocycles. The smallest absolute Gasteiger partial charge is 0.320 e.